The number of aliphatic hydroxyl groups is 10. The number of nitrogens with zero attached hydrogens (tertiary/aromatic N) is 1. The van der Waals surface area contributed by atoms with Gasteiger partial charge in [-0.05, 0) is 12.8 Å². The molecule has 0 radical (unpaired) electrons. The number of carbonyl (C=O) groups is 4. The summed E-state index contributed by atoms with van der Waals surface area (Å²) in [7, 11) is 0. The summed E-state index contributed by atoms with van der Waals surface area (Å²) < 4.78 is 33.0. The number of amides is 3. The second kappa shape index (κ2) is 19.9. The third-order valence-electron chi connectivity index (χ3n) is 8.99. The van der Waals surface area contributed by atoms with E-state index in [1.807, 2.05) is 0 Å². The molecule has 4 heterocycles. The molecule has 1 unspecified atom stereocenters. The number of unbranched alkanes of at least 4 members (excludes halogenated alkanes) is 1. The summed E-state index contributed by atoms with van der Waals surface area (Å²) in [6, 6.07) is 0. The topological polar surface area (TPSA) is 350 Å². The molecule has 0 saturated carbocycles. The molecule has 0 aromatic carbocycles. The molecule has 3 amide bonds. The Balaban J connectivity index is 1.30. The Bertz CT molecular complexity index is 1210. The number of aliphatic hydroxyl groups excluding tert-OH is 10. The van der Waals surface area contributed by atoms with E-state index in [0.29, 0.717) is 5.06 Å². The predicted octanol–water partition coefficient (Wildman–Crippen LogP) is -7.26. The maximum Gasteiger partial charge on any atom is 0.333 e. The quantitative estimate of drug-likeness (QED) is 0.0483. The molecular weight excluding hydrogens is 724 g/mol. The van der Waals surface area contributed by atoms with Crippen LogP contribution in [0.1, 0.15) is 38.5 Å². The van der Waals surface area contributed by atoms with Crippen LogP contribution in [0.25, 0.3) is 0 Å². The number of carbonyl (C=O) groups excluding carboxylic acids is 4. The molecule has 304 valence electrons. The highest BCUT2D eigenvalue weighted by atomic mass is 16.8. The van der Waals surface area contributed by atoms with Crippen LogP contribution in [0.5, 0.6) is 0 Å². The third kappa shape index (κ3) is 10.8. The second-order valence-corrected chi connectivity index (χ2v) is 12.8. The van der Waals surface area contributed by atoms with Crippen LogP contribution in [0.15, 0.2) is 0 Å². The maximum absolute atomic E-state index is 12.3. The van der Waals surface area contributed by atoms with Gasteiger partial charge in [-0.3, -0.25) is 14.4 Å². The number of imide groups is 1. The first kappa shape index (κ1) is 43.2. The molecule has 0 bridgehead atoms. The van der Waals surface area contributed by atoms with Gasteiger partial charge in [0.05, 0.1) is 26.4 Å². The molecule has 53 heavy (non-hydrogen) atoms. The monoisotopic (exact) mass is 772 g/mol. The van der Waals surface area contributed by atoms with Crippen molar-refractivity contribution in [2.75, 3.05) is 33.0 Å². The molecule has 0 aliphatic carbocycles. The zero-order chi connectivity index (χ0) is 39.0. The van der Waals surface area contributed by atoms with Crippen molar-refractivity contribution in [1.82, 2.24) is 10.4 Å². The van der Waals surface area contributed by atoms with E-state index in [9.17, 15) is 70.2 Å². The number of nitrogens with one attached hydrogen (secondary N) is 1. The van der Waals surface area contributed by atoms with Gasteiger partial charge in [0.1, 0.15) is 73.2 Å². The van der Waals surface area contributed by atoms with Crippen molar-refractivity contribution in [2.45, 2.75) is 131 Å². The smallest absolute Gasteiger partial charge is 0.333 e. The highest BCUT2D eigenvalue weighted by Crippen LogP contribution is 2.31. The zero-order valence-corrected chi connectivity index (χ0v) is 28.3. The van der Waals surface area contributed by atoms with E-state index in [4.69, 9.17) is 33.3 Å². The number of ether oxygens (including phenoxy) is 6. The summed E-state index contributed by atoms with van der Waals surface area (Å²) in [5.74, 6) is -2.46. The van der Waals surface area contributed by atoms with Gasteiger partial charge in [0.2, 0.25) is 5.91 Å². The lowest BCUT2D eigenvalue weighted by atomic mass is 9.96. The summed E-state index contributed by atoms with van der Waals surface area (Å²) in [5, 5.41) is 105. The zero-order valence-electron chi connectivity index (χ0n) is 28.3. The van der Waals surface area contributed by atoms with E-state index in [2.05, 4.69) is 5.32 Å². The van der Waals surface area contributed by atoms with Gasteiger partial charge in [-0.15, -0.1) is 5.06 Å². The minimum atomic E-state index is -1.92. The van der Waals surface area contributed by atoms with Crippen molar-refractivity contribution in [2.24, 2.45) is 0 Å². The van der Waals surface area contributed by atoms with Crippen LogP contribution in [0.4, 0.5) is 0 Å². The Morgan fingerprint density at radius 1 is 0.660 bits per heavy atom. The average molecular weight is 773 g/mol. The minimum Gasteiger partial charge on any atom is -0.394 e. The molecule has 0 aromatic rings. The van der Waals surface area contributed by atoms with Crippen molar-refractivity contribution in [3.8, 4) is 0 Å². The van der Waals surface area contributed by atoms with Gasteiger partial charge in [0.15, 0.2) is 18.9 Å². The number of hydroxylamine groups is 2. The summed E-state index contributed by atoms with van der Waals surface area (Å²) in [6.45, 7) is -2.62. The van der Waals surface area contributed by atoms with Crippen LogP contribution < -0.4 is 5.32 Å². The first-order chi connectivity index (χ1) is 25.2. The normalized spacial score (nSPS) is 39.3. The molecule has 4 aliphatic heterocycles. The Morgan fingerprint density at radius 3 is 1.79 bits per heavy atom. The van der Waals surface area contributed by atoms with Crippen LogP contribution in [-0.4, -0.2) is 205 Å². The highest BCUT2D eigenvalue weighted by molar-refractivity contribution is 6.01. The van der Waals surface area contributed by atoms with Crippen molar-refractivity contribution in [3.05, 3.63) is 0 Å². The van der Waals surface area contributed by atoms with Crippen molar-refractivity contribution >= 4 is 23.7 Å². The van der Waals surface area contributed by atoms with Gasteiger partial charge < -0.3 is 89.6 Å². The van der Waals surface area contributed by atoms with Crippen LogP contribution in [0.2, 0.25) is 0 Å². The van der Waals surface area contributed by atoms with Crippen molar-refractivity contribution < 1.29 is 104 Å². The first-order valence-electron chi connectivity index (χ1n) is 17.0. The van der Waals surface area contributed by atoms with Crippen molar-refractivity contribution in [3.63, 3.8) is 0 Å². The summed E-state index contributed by atoms with van der Waals surface area (Å²) in [6.07, 6.45) is -25.2. The SMILES string of the molecule is O=C(CCCCC(=O)ON1C(=O)CCC1=O)NCCO[C@H]1O[C@H](COC2O[C@H](CO)[C@@H](O)[C@H](O)[C@@H]2O)[C@@H](O)[C@H](O[C@H]2O[C@H](CO)[C@@H](O)[C@H](O)[C@@H]2O)[C@@H]1O. The Hall–Kier alpha value is -2.56. The van der Waals surface area contributed by atoms with Gasteiger partial charge in [0, 0.05) is 32.2 Å². The fourth-order valence-electron chi connectivity index (χ4n) is 5.88. The van der Waals surface area contributed by atoms with E-state index in [1.54, 1.807) is 0 Å². The van der Waals surface area contributed by atoms with Gasteiger partial charge in [-0.25, -0.2) is 4.79 Å². The number of hydrogen-bond donors (Lipinski definition) is 11. The Labute approximate surface area is 301 Å². The molecular formula is C30H48N2O21. The summed E-state index contributed by atoms with van der Waals surface area (Å²) in [5.41, 5.74) is 0. The maximum atomic E-state index is 12.3. The molecule has 11 N–H and O–H groups in total. The van der Waals surface area contributed by atoms with E-state index in [0.717, 1.165) is 0 Å². The summed E-state index contributed by atoms with van der Waals surface area (Å²) in [4.78, 5) is 52.1. The standard InChI is InChI=1S/C30H48N2O21/c33-9-12-19(39)22(42)24(44)28(49-12)48-11-14-21(41)27(52-30-25(45)23(43)20(40)13(10-34)50-30)26(46)29(51-14)47-8-7-31-15(35)3-1-2-4-18(38)53-32-16(36)5-6-17(32)37/h12-14,19-30,33-34,39-46H,1-11H2,(H,31,35)/t12-,13-,14-,19-,20-,21-,22+,23+,24+,25+,26+,27+,28?,29+,30-/m1/s1. The molecule has 0 aromatic heterocycles. The molecule has 4 aliphatic rings. The van der Waals surface area contributed by atoms with E-state index < -0.39 is 136 Å². The minimum absolute atomic E-state index is 0.0179. The Morgan fingerprint density at radius 2 is 1.19 bits per heavy atom. The third-order valence-corrected chi connectivity index (χ3v) is 8.99. The lowest BCUT2D eigenvalue weighted by Gasteiger charge is -2.46. The fourth-order valence-corrected chi connectivity index (χ4v) is 5.88. The van der Waals surface area contributed by atoms with Gasteiger partial charge in [0.25, 0.3) is 11.8 Å². The van der Waals surface area contributed by atoms with E-state index >= 15 is 0 Å². The first-order valence-corrected chi connectivity index (χ1v) is 17.0. The average Bonchev–Trinajstić information content (AvgIpc) is 3.45. The lowest BCUT2D eigenvalue weighted by molar-refractivity contribution is -0.366. The van der Waals surface area contributed by atoms with Crippen LogP contribution in [-0.2, 0) is 52.4 Å². The van der Waals surface area contributed by atoms with Crippen LogP contribution in [0, 0.1) is 0 Å². The molecule has 0 spiro atoms. The van der Waals surface area contributed by atoms with E-state index in [1.165, 1.54) is 0 Å². The molecule has 4 rings (SSSR count). The highest BCUT2D eigenvalue weighted by Gasteiger charge is 2.52. The van der Waals surface area contributed by atoms with Gasteiger partial charge >= 0.3 is 5.97 Å². The van der Waals surface area contributed by atoms with Crippen LogP contribution >= 0.6 is 0 Å². The molecule has 15 atom stereocenters. The van der Waals surface area contributed by atoms with Gasteiger partial charge in [-0.1, -0.05) is 0 Å². The van der Waals surface area contributed by atoms with E-state index in [-0.39, 0.29) is 51.7 Å². The van der Waals surface area contributed by atoms with Gasteiger partial charge in [-0.2, -0.15) is 0 Å². The molecule has 23 nitrogen and oxygen atoms in total. The van der Waals surface area contributed by atoms with Crippen molar-refractivity contribution in [1.29, 1.82) is 0 Å². The second-order valence-electron chi connectivity index (χ2n) is 12.8. The summed E-state index contributed by atoms with van der Waals surface area (Å²) >= 11 is 0. The largest absolute Gasteiger partial charge is 0.394 e. The number of hydrogen-bond acceptors (Lipinski definition) is 21. The fraction of sp³-hybridized carbons (Fsp3) is 0.867. The molecule has 4 saturated heterocycles. The molecule has 23 heteroatoms. The lowest BCUT2D eigenvalue weighted by Crippen LogP contribution is -2.65. The Kier molecular flexibility index (Phi) is 16.2. The molecule has 4 fully saturated rings. The predicted molar refractivity (Wildman–Crippen MR) is 164 cm³/mol. The number of rotatable bonds is 17. The van der Waals surface area contributed by atoms with Crippen LogP contribution in [0.3, 0.4) is 0 Å².